The van der Waals surface area contributed by atoms with Crippen LogP contribution in [0.1, 0.15) is 28.0 Å². The van der Waals surface area contributed by atoms with E-state index >= 15 is 0 Å². The number of ether oxygens (including phenoxy) is 1. The topological polar surface area (TPSA) is 150 Å². The lowest BCUT2D eigenvalue weighted by molar-refractivity contribution is -0.119. The van der Waals surface area contributed by atoms with Gasteiger partial charge in [-0.1, -0.05) is 24.3 Å². The first-order chi connectivity index (χ1) is 18.3. The molecule has 0 spiro atoms. The van der Waals surface area contributed by atoms with E-state index in [0.29, 0.717) is 24.3 Å². The Morgan fingerprint density at radius 1 is 1.29 bits per heavy atom. The molecule has 1 aliphatic rings. The average Bonchev–Trinajstić information content (AvgIpc) is 3.37. The second kappa shape index (κ2) is 12.0. The predicted molar refractivity (Wildman–Crippen MR) is 152 cm³/mol. The molecule has 2 heterocycles. The van der Waals surface area contributed by atoms with Gasteiger partial charge in [0.05, 0.1) is 12.1 Å². The van der Waals surface area contributed by atoms with Crippen LogP contribution >= 0.6 is 0 Å². The molecule has 1 aliphatic heterocycles. The van der Waals surface area contributed by atoms with Gasteiger partial charge in [0.25, 0.3) is 5.91 Å². The van der Waals surface area contributed by atoms with Gasteiger partial charge in [-0.2, -0.15) is 0 Å². The van der Waals surface area contributed by atoms with Gasteiger partial charge in [0.1, 0.15) is 6.26 Å². The van der Waals surface area contributed by atoms with Crippen LogP contribution in [0.5, 0.6) is 0 Å². The molecule has 0 radical (unpaired) electrons. The van der Waals surface area contributed by atoms with Crippen molar-refractivity contribution in [1.29, 1.82) is 0 Å². The summed E-state index contributed by atoms with van der Waals surface area (Å²) in [4.78, 5) is 27.8. The number of carbonyl (C=O) groups is 2. The molecule has 10 heteroatoms. The van der Waals surface area contributed by atoms with Crippen LogP contribution in [0.15, 0.2) is 66.7 Å². The lowest BCUT2D eigenvalue weighted by atomic mass is 9.94. The van der Waals surface area contributed by atoms with Crippen molar-refractivity contribution in [1.82, 2.24) is 9.29 Å². The Morgan fingerprint density at radius 2 is 2.11 bits per heavy atom. The Morgan fingerprint density at radius 3 is 2.79 bits per heavy atom. The minimum Gasteiger partial charge on any atom is -0.598 e. The zero-order valence-electron chi connectivity index (χ0n) is 21.3. The van der Waals surface area contributed by atoms with Crippen LogP contribution in [0, 0.1) is 6.92 Å². The lowest BCUT2D eigenvalue weighted by Gasteiger charge is -2.24. The minimum absolute atomic E-state index is 0.0805. The molecule has 0 saturated heterocycles. The first kappa shape index (κ1) is 27.1. The molecule has 9 nitrogen and oxygen atoms in total. The smallest absolute Gasteiger partial charge is 0.262 e. The van der Waals surface area contributed by atoms with E-state index in [9.17, 15) is 14.1 Å². The van der Waals surface area contributed by atoms with Crippen LogP contribution in [0.4, 0.5) is 5.69 Å². The minimum atomic E-state index is -1.01. The molecule has 1 aromatic heterocycles. The van der Waals surface area contributed by atoms with Crippen molar-refractivity contribution in [2.24, 2.45) is 11.5 Å². The van der Waals surface area contributed by atoms with E-state index < -0.39 is 11.4 Å². The van der Waals surface area contributed by atoms with Gasteiger partial charge in [-0.25, -0.2) is 0 Å². The van der Waals surface area contributed by atoms with E-state index in [2.05, 4.69) is 22.4 Å². The summed E-state index contributed by atoms with van der Waals surface area (Å²) >= 11 is -1.01. The molecule has 1 unspecified atom stereocenters. The number of hydrogen-bond donors (Lipinski definition) is 4. The molecule has 0 fully saturated rings. The summed E-state index contributed by atoms with van der Waals surface area (Å²) in [6, 6.07) is 11.5. The number of rotatable bonds is 9. The maximum atomic E-state index is 12.5. The third kappa shape index (κ3) is 5.94. The number of aromatic amines is 1. The van der Waals surface area contributed by atoms with Crippen LogP contribution in [-0.4, -0.2) is 52.0 Å². The normalized spacial score (nSPS) is 15.4. The third-order valence-electron chi connectivity index (χ3n) is 6.47. The number of amides is 1. The summed E-state index contributed by atoms with van der Waals surface area (Å²) < 4.78 is 19.0. The van der Waals surface area contributed by atoms with Crippen molar-refractivity contribution < 1.29 is 18.9 Å². The van der Waals surface area contributed by atoms with Gasteiger partial charge in [-0.15, -0.1) is 4.31 Å². The second-order valence-electron chi connectivity index (χ2n) is 8.85. The largest absolute Gasteiger partial charge is 0.598 e. The Hall–Kier alpha value is -3.99. The summed E-state index contributed by atoms with van der Waals surface area (Å²) in [6.45, 7) is 2.99. The molecule has 1 atom stereocenters. The number of fused-ring (bicyclic) bond motifs is 1. The number of benzene rings is 2. The number of nitrogens with two attached hydrogens (primary N) is 2. The van der Waals surface area contributed by atoms with Gasteiger partial charge in [0.15, 0.2) is 18.8 Å². The molecule has 2 aromatic carbocycles. The Balaban J connectivity index is 1.64. The highest BCUT2D eigenvalue weighted by Gasteiger charge is 2.21. The average molecular weight is 534 g/mol. The predicted octanol–water partition coefficient (Wildman–Crippen LogP) is 3.57. The zero-order valence-corrected chi connectivity index (χ0v) is 22.1. The number of hydrogen-bond acceptors (Lipinski definition) is 7. The van der Waals surface area contributed by atoms with Gasteiger partial charge in [-0.3, -0.25) is 9.59 Å². The van der Waals surface area contributed by atoms with Gasteiger partial charge in [0.2, 0.25) is 0 Å². The third-order valence-corrected chi connectivity index (χ3v) is 7.53. The van der Waals surface area contributed by atoms with Crippen LogP contribution in [0.25, 0.3) is 27.6 Å². The number of carbonyl (C=O) groups excluding carboxylic acids is 2. The number of allylic oxidation sites excluding steroid dienone is 2. The standard InChI is InChI=1S/C28H31N5O4S/c1-18-21(5-3-6-24(18)31-27(35)17-37-26(30)7-4-12-29)22-9-8-20(16-34)28-23(22)15-25(32-28)19-10-13-33(14-11-19)38(2)36/h3-10,12,15-16,32H,11,13-14,17,29-30H2,1-2H3,(H,31,35)/b12-4-,26-7+. The van der Waals surface area contributed by atoms with Gasteiger partial charge >= 0.3 is 0 Å². The van der Waals surface area contributed by atoms with Crippen LogP contribution in [0.2, 0.25) is 0 Å². The Bertz CT molecular complexity index is 1440. The number of nitrogens with zero attached hydrogens (tertiary/aromatic N) is 1. The monoisotopic (exact) mass is 533 g/mol. The molecule has 3 aromatic rings. The molecular formula is C28H31N5O4S. The maximum absolute atomic E-state index is 12.5. The highest BCUT2D eigenvalue weighted by molar-refractivity contribution is 7.88. The maximum Gasteiger partial charge on any atom is 0.262 e. The molecule has 0 saturated carbocycles. The van der Waals surface area contributed by atoms with Crippen LogP contribution < -0.4 is 16.8 Å². The summed E-state index contributed by atoms with van der Waals surface area (Å²) in [7, 11) is 0. The SMILES string of the molecule is Cc1c(NC(=O)CO/C(N)=C/C=C\N)cccc1-c1ccc(C=O)c2[nH]c(C3=CCN([S+](C)[O-])CC3)cc12. The van der Waals surface area contributed by atoms with E-state index in [1.165, 1.54) is 18.4 Å². The number of nitrogens with one attached hydrogen (secondary N) is 2. The van der Waals surface area contributed by atoms with Crippen LogP contribution in [-0.2, 0) is 20.9 Å². The van der Waals surface area contributed by atoms with Crippen LogP contribution in [0.3, 0.4) is 0 Å². The summed E-state index contributed by atoms with van der Waals surface area (Å²) in [5, 5.41) is 3.79. The molecule has 38 heavy (non-hydrogen) atoms. The van der Waals surface area contributed by atoms with Crippen molar-refractivity contribution in [2.75, 3.05) is 31.3 Å². The quantitative estimate of drug-likeness (QED) is 0.142. The van der Waals surface area contributed by atoms with E-state index in [-0.39, 0.29) is 18.4 Å². The van der Waals surface area contributed by atoms with E-state index in [1.54, 1.807) is 12.3 Å². The lowest BCUT2D eigenvalue weighted by Crippen LogP contribution is -2.33. The first-order valence-corrected chi connectivity index (χ1v) is 13.6. The molecular weight excluding hydrogens is 502 g/mol. The van der Waals surface area contributed by atoms with Crippen molar-refractivity contribution in [3.63, 3.8) is 0 Å². The highest BCUT2D eigenvalue weighted by Crippen LogP contribution is 2.37. The van der Waals surface area contributed by atoms with Gasteiger partial charge < -0.3 is 31.1 Å². The number of H-pyrrole nitrogens is 1. The molecule has 4 rings (SSSR count). The van der Waals surface area contributed by atoms with Gasteiger partial charge in [-0.05, 0) is 72.2 Å². The van der Waals surface area contributed by atoms with Gasteiger partial charge in [0, 0.05) is 40.2 Å². The molecule has 0 bridgehead atoms. The molecule has 6 N–H and O–H groups in total. The number of anilines is 1. The fourth-order valence-corrected chi connectivity index (χ4v) is 5.11. The van der Waals surface area contributed by atoms with E-state index in [1.807, 2.05) is 35.5 Å². The van der Waals surface area contributed by atoms with E-state index in [4.69, 9.17) is 16.2 Å². The van der Waals surface area contributed by atoms with Crippen molar-refractivity contribution in [2.45, 2.75) is 13.3 Å². The summed E-state index contributed by atoms with van der Waals surface area (Å²) in [5.74, 6) is -0.271. The zero-order chi connectivity index (χ0) is 27.2. The molecule has 198 valence electrons. The number of aromatic nitrogens is 1. The molecule has 0 aliphatic carbocycles. The van der Waals surface area contributed by atoms with Crippen molar-refractivity contribution in [3.05, 3.63) is 83.5 Å². The Labute approximate surface area is 224 Å². The molecule has 1 amide bonds. The highest BCUT2D eigenvalue weighted by atomic mass is 32.2. The second-order valence-corrected chi connectivity index (χ2v) is 10.2. The van der Waals surface area contributed by atoms with Crippen molar-refractivity contribution >= 4 is 45.7 Å². The fourth-order valence-electron chi connectivity index (χ4n) is 4.47. The Kier molecular flexibility index (Phi) is 8.57. The van der Waals surface area contributed by atoms with Crippen molar-refractivity contribution in [3.8, 4) is 11.1 Å². The number of aldehydes is 1. The summed E-state index contributed by atoms with van der Waals surface area (Å²) in [6.07, 6.45) is 9.64. The fraction of sp³-hybridized carbons (Fsp3) is 0.214. The first-order valence-electron chi connectivity index (χ1n) is 12.1. The van der Waals surface area contributed by atoms with E-state index in [0.717, 1.165) is 51.6 Å². The summed E-state index contributed by atoms with van der Waals surface area (Å²) in [5.41, 5.74) is 17.7.